The lowest BCUT2D eigenvalue weighted by atomic mass is 9.79. The van der Waals surface area contributed by atoms with Crippen LogP contribution in [0, 0.1) is 5.92 Å². The van der Waals surface area contributed by atoms with Crippen LogP contribution in [0.15, 0.2) is 0 Å². The largest absolute Gasteiger partial charge is 0.457 e. The van der Waals surface area contributed by atoms with Crippen LogP contribution in [-0.4, -0.2) is 17.4 Å². The van der Waals surface area contributed by atoms with Gasteiger partial charge in [0.25, 0.3) is 0 Å². The van der Waals surface area contributed by atoms with Gasteiger partial charge in [0.1, 0.15) is 11.4 Å². The minimum Gasteiger partial charge on any atom is -0.457 e. The van der Waals surface area contributed by atoms with Crippen molar-refractivity contribution < 1.29 is 14.3 Å². The molecule has 1 aliphatic heterocycles. The number of hydrogen-bond acceptors (Lipinski definition) is 3. The van der Waals surface area contributed by atoms with E-state index in [2.05, 4.69) is 0 Å². The van der Waals surface area contributed by atoms with Gasteiger partial charge in [-0.2, -0.15) is 0 Å². The molecule has 0 saturated carbocycles. The third-order valence-electron chi connectivity index (χ3n) is 2.29. The fraction of sp³-hybridized carbons (Fsp3) is 0.750. The molecule has 1 heterocycles. The van der Waals surface area contributed by atoms with E-state index in [1.807, 2.05) is 6.92 Å². The zero-order valence-electron chi connectivity index (χ0n) is 7.01. The Kier molecular flexibility index (Phi) is 1.74. The van der Waals surface area contributed by atoms with Crippen LogP contribution in [0.2, 0.25) is 0 Å². The van der Waals surface area contributed by atoms with E-state index in [-0.39, 0.29) is 11.8 Å². The van der Waals surface area contributed by atoms with Crippen LogP contribution in [0.4, 0.5) is 0 Å². The molecule has 0 spiro atoms. The molecule has 62 valence electrons. The van der Waals surface area contributed by atoms with E-state index in [9.17, 15) is 9.59 Å². The Labute approximate surface area is 65.7 Å². The molecule has 1 saturated heterocycles. The zero-order chi connectivity index (χ0) is 8.65. The zero-order valence-corrected chi connectivity index (χ0v) is 7.01. The summed E-state index contributed by atoms with van der Waals surface area (Å²) in [5, 5.41) is 0. The number of Topliss-reactive ketones (excluding diaryl/α,β-unsaturated/α-hetero) is 1. The number of rotatable bonds is 2. The highest BCUT2D eigenvalue weighted by atomic mass is 16.6. The molecule has 1 fully saturated rings. The number of carbonyl (C=O) groups excluding carboxylic acids is 2. The molecule has 11 heavy (non-hydrogen) atoms. The van der Waals surface area contributed by atoms with Crippen LogP contribution in [0.3, 0.4) is 0 Å². The summed E-state index contributed by atoms with van der Waals surface area (Å²) in [5.41, 5.74) is -0.525. The third-order valence-corrected chi connectivity index (χ3v) is 2.29. The van der Waals surface area contributed by atoms with Gasteiger partial charge in [0.15, 0.2) is 5.92 Å². The van der Waals surface area contributed by atoms with Crippen LogP contribution < -0.4 is 0 Å². The van der Waals surface area contributed by atoms with Crippen molar-refractivity contribution >= 4 is 11.8 Å². The highest BCUT2D eigenvalue weighted by Crippen LogP contribution is 2.37. The highest BCUT2D eigenvalue weighted by Gasteiger charge is 2.54. The summed E-state index contributed by atoms with van der Waals surface area (Å²) < 4.78 is 4.89. The second-order valence-corrected chi connectivity index (χ2v) is 3.13. The van der Waals surface area contributed by atoms with Gasteiger partial charge in [0, 0.05) is 0 Å². The van der Waals surface area contributed by atoms with Crippen LogP contribution >= 0.6 is 0 Å². The van der Waals surface area contributed by atoms with E-state index in [4.69, 9.17) is 4.74 Å². The van der Waals surface area contributed by atoms with E-state index in [1.54, 1.807) is 6.92 Å². The number of ketones is 1. The number of ether oxygens (including phenoxy) is 1. The average molecular weight is 156 g/mol. The monoisotopic (exact) mass is 156 g/mol. The van der Waals surface area contributed by atoms with Gasteiger partial charge in [-0.05, 0) is 20.3 Å². The van der Waals surface area contributed by atoms with E-state index in [0.717, 1.165) is 0 Å². The smallest absolute Gasteiger partial charge is 0.321 e. The lowest BCUT2D eigenvalue weighted by molar-refractivity contribution is -0.208. The lowest BCUT2D eigenvalue weighted by Gasteiger charge is -2.43. The molecule has 2 atom stereocenters. The molecule has 0 amide bonds. The molecule has 0 bridgehead atoms. The molecular formula is C8H12O3. The maximum atomic E-state index is 10.9. The first-order chi connectivity index (χ1) is 5.01. The van der Waals surface area contributed by atoms with Gasteiger partial charge < -0.3 is 4.74 Å². The molecule has 0 aromatic carbocycles. The number of hydrogen-bond donors (Lipinski definition) is 0. The van der Waals surface area contributed by atoms with Gasteiger partial charge in [-0.3, -0.25) is 9.59 Å². The number of carbonyl (C=O) groups is 2. The summed E-state index contributed by atoms with van der Waals surface area (Å²) in [7, 11) is 0. The van der Waals surface area contributed by atoms with Crippen molar-refractivity contribution in [3.8, 4) is 0 Å². The van der Waals surface area contributed by atoms with E-state index in [0.29, 0.717) is 6.42 Å². The standard InChI is InChI=1S/C8H12O3/c1-4-8(3)6(5(2)9)7(10)11-8/h6H,4H2,1-3H3/t6-,8-/m1/s1. The third kappa shape index (κ3) is 1.04. The second kappa shape index (κ2) is 2.32. The Morgan fingerprint density at radius 3 is 2.45 bits per heavy atom. The van der Waals surface area contributed by atoms with E-state index >= 15 is 0 Å². The molecule has 0 aromatic heterocycles. The van der Waals surface area contributed by atoms with Gasteiger partial charge >= 0.3 is 5.97 Å². The van der Waals surface area contributed by atoms with Gasteiger partial charge in [-0.1, -0.05) is 6.92 Å². The highest BCUT2D eigenvalue weighted by molar-refractivity contribution is 6.02. The minimum absolute atomic E-state index is 0.0920. The molecule has 3 nitrogen and oxygen atoms in total. The Morgan fingerprint density at radius 2 is 2.27 bits per heavy atom. The maximum absolute atomic E-state index is 10.9. The van der Waals surface area contributed by atoms with Crippen LogP contribution in [0.25, 0.3) is 0 Å². The first kappa shape index (κ1) is 8.24. The Hall–Kier alpha value is -0.860. The Morgan fingerprint density at radius 1 is 1.73 bits per heavy atom. The van der Waals surface area contributed by atoms with E-state index < -0.39 is 11.5 Å². The normalized spacial score (nSPS) is 35.9. The minimum atomic E-state index is -0.525. The van der Waals surface area contributed by atoms with Crippen molar-refractivity contribution in [2.75, 3.05) is 0 Å². The SMILES string of the molecule is CC[C@@]1(C)OC(=O)[C@H]1C(C)=O. The van der Waals surface area contributed by atoms with Crippen LogP contribution in [-0.2, 0) is 14.3 Å². The van der Waals surface area contributed by atoms with Crippen molar-refractivity contribution in [3.05, 3.63) is 0 Å². The first-order valence-corrected chi connectivity index (χ1v) is 3.74. The van der Waals surface area contributed by atoms with Gasteiger partial charge in [0.05, 0.1) is 0 Å². The molecule has 3 heteroatoms. The van der Waals surface area contributed by atoms with Gasteiger partial charge in [-0.15, -0.1) is 0 Å². The van der Waals surface area contributed by atoms with Crippen molar-refractivity contribution in [1.82, 2.24) is 0 Å². The summed E-state index contributed by atoms with van der Waals surface area (Å²) in [6, 6.07) is 0. The quantitative estimate of drug-likeness (QED) is 0.441. The fourth-order valence-electron chi connectivity index (χ4n) is 1.41. The first-order valence-electron chi connectivity index (χ1n) is 3.74. The summed E-state index contributed by atoms with van der Waals surface area (Å²) >= 11 is 0. The lowest BCUT2D eigenvalue weighted by Crippen LogP contribution is -2.57. The maximum Gasteiger partial charge on any atom is 0.321 e. The molecule has 0 N–H and O–H groups in total. The summed E-state index contributed by atoms with van der Waals surface area (Å²) in [4.78, 5) is 21.7. The average Bonchev–Trinajstić information content (AvgIpc) is 1.84. The molecule has 0 radical (unpaired) electrons. The molecule has 0 unspecified atom stereocenters. The van der Waals surface area contributed by atoms with Crippen LogP contribution in [0.1, 0.15) is 27.2 Å². The number of cyclic esters (lactones) is 1. The second-order valence-electron chi connectivity index (χ2n) is 3.13. The number of esters is 1. The van der Waals surface area contributed by atoms with Gasteiger partial charge in [0.2, 0.25) is 0 Å². The fourth-order valence-corrected chi connectivity index (χ4v) is 1.41. The summed E-state index contributed by atoms with van der Waals surface area (Å²) in [6.45, 7) is 5.13. The topological polar surface area (TPSA) is 43.4 Å². The molecular weight excluding hydrogens is 144 g/mol. The van der Waals surface area contributed by atoms with Crippen molar-refractivity contribution in [2.45, 2.75) is 32.8 Å². The summed E-state index contributed by atoms with van der Waals surface area (Å²) in [5.74, 6) is -0.986. The molecule has 1 rings (SSSR count). The van der Waals surface area contributed by atoms with Crippen molar-refractivity contribution in [3.63, 3.8) is 0 Å². The predicted octanol–water partition coefficient (Wildman–Crippen LogP) is 0.917. The van der Waals surface area contributed by atoms with E-state index in [1.165, 1.54) is 6.92 Å². The molecule has 0 aromatic rings. The molecule has 1 aliphatic rings. The predicted molar refractivity (Wildman–Crippen MR) is 39.0 cm³/mol. The summed E-state index contributed by atoms with van der Waals surface area (Å²) in [6.07, 6.45) is 0.697. The van der Waals surface area contributed by atoms with Crippen LogP contribution in [0.5, 0.6) is 0 Å². The van der Waals surface area contributed by atoms with Crippen molar-refractivity contribution in [2.24, 2.45) is 5.92 Å². The van der Waals surface area contributed by atoms with Gasteiger partial charge in [-0.25, -0.2) is 0 Å². The van der Waals surface area contributed by atoms with Crippen molar-refractivity contribution in [1.29, 1.82) is 0 Å². The Bertz CT molecular complexity index is 201. The Balaban J connectivity index is 2.76. The molecule has 0 aliphatic carbocycles.